The van der Waals surface area contributed by atoms with Crippen LogP contribution < -0.4 is 0 Å². The van der Waals surface area contributed by atoms with Gasteiger partial charge < -0.3 is 14.2 Å². The van der Waals surface area contributed by atoms with Gasteiger partial charge in [0.25, 0.3) is 0 Å². The first-order valence-corrected chi connectivity index (χ1v) is 7.58. The summed E-state index contributed by atoms with van der Waals surface area (Å²) in [5, 5.41) is 0. The van der Waals surface area contributed by atoms with Gasteiger partial charge >= 0.3 is 0 Å². The molecule has 0 spiro atoms. The zero-order valence-electron chi connectivity index (χ0n) is 12.5. The molecule has 1 aromatic carbocycles. The number of halogens is 2. The topological polar surface area (TPSA) is 30.3 Å². The molecule has 116 valence electrons. The van der Waals surface area contributed by atoms with Crippen LogP contribution >= 0.6 is 11.6 Å². The van der Waals surface area contributed by atoms with E-state index in [1.807, 2.05) is 13.1 Å². The highest BCUT2D eigenvalue weighted by Gasteiger charge is 2.13. The van der Waals surface area contributed by atoms with E-state index in [2.05, 4.69) is 14.5 Å². The number of hydrogen-bond donors (Lipinski definition) is 0. The van der Waals surface area contributed by atoms with Crippen LogP contribution in [0.15, 0.2) is 18.2 Å². The van der Waals surface area contributed by atoms with E-state index in [4.69, 9.17) is 16.3 Å². The molecule has 6 heteroatoms. The van der Waals surface area contributed by atoms with Crippen LogP contribution in [0.5, 0.6) is 0 Å². The fraction of sp³-hybridized carbons (Fsp3) is 0.533. The zero-order valence-corrected chi connectivity index (χ0v) is 13.2. The minimum Gasteiger partial charge on any atom is -0.383 e. The third kappa shape index (κ3) is 3.93. The number of para-hydroxylation sites is 1. The number of benzene rings is 1. The van der Waals surface area contributed by atoms with Crippen molar-refractivity contribution in [2.75, 3.05) is 39.7 Å². The second kappa shape index (κ2) is 7.73. The molecule has 0 radical (unpaired) electrons. The second-order valence-corrected chi connectivity index (χ2v) is 5.40. The highest BCUT2D eigenvalue weighted by atomic mass is 35.5. The number of aryl methyl sites for hydroxylation is 1. The van der Waals surface area contributed by atoms with Crippen molar-refractivity contribution in [2.45, 2.75) is 13.0 Å². The predicted molar refractivity (Wildman–Crippen MR) is 83.5 cm³/mol. The lowest BCUT2D eigenvalue weighted by Gasteiger charge is -2.17. The van der Waals surface area contributed by atoms with Gasteiger partial charge in [0.1, 0.15) is 11.3 Å². The van der Waals surface area contributed by atoms with Gasteiger partial charge in [-0.1, -0.05) is 6.07 Å². The summed E-state index contributed by atoms with van der Waals surface area (Å²) in [4.78, 5) is 6.58. The van der Waals surface area contributed by atoms with Crippen molar-refractivity contribution in [3.8, 4) is 0 Å². The maximum atomic E-state index is 13.8. The average molecular weight is 314 g/mol. The van der Waals surface area contributed by atoms with Crippen molar-refractivity contribution in [1.82, 2.24) is 14.5 Å². The van der Waals surface area contributed by atoms with Crippen LogP contribution in [0.3, 0.4) is 0 Å². The maximum absolute atomic E-state index is 13.8. The second-order valence-electron chi connectivity index (χ2n) is 5.02. The smallest absolute Gasteiger partial charge is 0.151 e. The van der Waals surface area contributed by atoms with E-state index in [-0.39, 0.29) is 5.82 Å². The molecule has 0 saturated heterocycles. The van der Waals surface area contributed by atoms with Crippen LogP contribution in [0.4, 0.5) is 4.39 Å². The highest BCUT2D eigenvalue weighted by molar-refractivity contribution is 6.17. The Balaban J connectivity index is 2.20. The van der Waals surface area contributed by atoms with Gasteiger partial charge in [0.2, 0.25) is 0 Å². The van der Waals surface area contributed by atoms with E-state index in [9.17, 15) is 4.39 Å². The lowest BCUT2D eigenvalue weighted by Crippen LogP contribution is -2.27. The Morgan fingerprint density at radius 2 is 2.19 bits per heavy atom. The summed E-state index contributed by atoms with van der Waals surface area (Å²) in [6.45, 7) is 3.17. The first-order chi connectivity index (χ1) is 10.2. The number of alkyl halides is 1. The number of nitrogens with zero attached hydrogens (tertiary/aromatic N) is 3. The summed E-state index contributed by atoms with van der Waals surface area (Å²) in [5.74, 6) is 1.03. The number of ether oxygens (including phenoxy) is 1. The van der Waals surface area contributed by atoms with Gasteiger partial charge in [-0.15, -0.1) is 11.6 Å². The summed E-state index contributed by atoms with van der Waals surface area (Å²) in [5.41, 5.74) is 1.26. The normalized spacial score (nSPS) is 11.7. The van der Waals surface area contributed by atoms with Crippen LogP contribution in [-0.2, 0) is 17.7 Å². The van der Waals surface area contributed by atoms with E-state index in [1.165, 1.54) is 6.07 Å². The molecule has 0 aliphatic carbocycles. The van der Waals surface area contributed by atoms with Crippen LogP contribution in [0, 0.1) is 5.82 Å². The predicted octanol–water partition coefficient (Wildman–Crippen LogP) is 2.53. The molecule has 2 rings (SSSR count). The highest BCUT2D eigenvalue weighted by Crippen LogP contribution is 2.19. The minimum atomic E-state index is -0.283. The van der Waals surface area contributed by atoms with E-state index < -0.39 is 0 Å². The third-order valence-electron chi connectivity index (χ3n) is 3.51. The average Bonchev–Trinajstić information content (AvgIpc) is 2.82. The van der Waals surface area contributed by atoms with Gasteiger partial charge in [-0.05, 0) is 19.2 Å². The number of rotatable bonds is 8. The first-order valence-electron chi connectivity index (χ1n) is 7.04. The van der Waals surface area contributed by atoms with Crippen LogP contribution in [0.25, 0.3) is 11.0 Å². The molecular weight excluding hydrogens is 293 g/mol. The molecule has 0 fully saturated rings. The largest absolute Gasteiger partial charge is 0.383 e. The van der Waals surface area contributed by atoms with Crippen molar-refractivity contribution < 1.29 is 9.13 Å². The van der Waals surface area contributed by atoms with Gasteiger partial charge in [0.05, 0.1) is 12.1 Å². The fourth-order valence-electron chi connectivity index (χ4n) is 2.32. The maximum Gasteiger partial charge on any atom is 0.151 e. The molecule has 0 aliphatic heterocycles. The summed E-state index contributed by atoms with van der Waals surface area (Å²) in [7, 11) is 3.73. The van der Waals surface area contributed by atoms with Gasteiger partial charge in [-0.3, -0.25) is 0 Å². The monoisotopic (exact) mass is 313 g/mol. The van der Waals surface area contributed by atoms with Gasteiger partial charge in [0, 0.05) is 39.0 Å². The Morgan fingerprint density at radius 1 is 1.38 bits per heavy atom. The van der Waals surface area contributed by atoms with Crippen LogP contribution in [0.2, 0.25) is 0 Å². The van der Waals surface area contributed by atoms with Crippen molar-refractivity contribution in [2.24, 2.45) is 0 Å². The van der Waals surface area contributed by atoms with E-state index in [0.717, 1.165) is 31.0 Å². The minimum absolute atomic E-state index is 0.283. The number of likely N-dealkylation sites (N-methyl/N-ethyl adjacent to an activating group) is 1. The van der Waals surface area contributed by atoms with Crippen molar-refractivity contribution in [3.63, 3.8) is 0 Å². The molecule has 4 nitrogen and oxygen atoms in total. The quantitative estimate of drug-likeness (QED) is 0.702. The summed E-state index contributed by atoms with van der Waals surface area (Å²) >= 11 is 5.83. The number of methoxy groups -OCH3 is 1. The molecule has 0 saturated carbocycles. The lowest BCUT2D eigenvalue weighted by molar-refractivity contribution is 0.159. The molecule has 0 N–H and O–H groups in total. The molecule has 0 unspecified atom stereocenters. The Kier molecular flexibility index (Phi) is 5.96. The lowest BCUT2D eigenvalue weighted by atomic mass is 10.3. The molecule has 2 aromatic rings. The van der Waals surface area contributed by atoms with E-state index >= 15 is 0 Å². The SMILES string of the molecule is COCCN(C)CCn1c(CCCl)nc2c(F)cccc21. The Hall–Kier alpha value is -1.17. The molecule has 1 aromatic heterocycles. The Labute approximate surface area is 129 Å². The van der Waals surface area contributed by atoms with Crippen molar-refractivity contribution in [3.05, 3.63) is 29.8 Å². The van der Waals surface area contributed by atoms with Crippen LogP contribution in [0.1, 0.15) is 5.82 Å². The van der Waals surface area contributed by atoms with Crippen LogP contribution in [-0.4, -0.2) is 54.2 Å². The van der Waals surface area contributed by atoms with Gasteiger partial charge in [-0.25, -0.2) is 9.37 Å². The summed E-state index contributed by atoms with van der Waals surface area (Å²) < 4.78 is 21.0. The number of fused-ring (bicyclic) bond motifs is 1. The molecule has 0 atom stereocenters. The summed E-state index contributed by atoms with van der Waals surface area (Å²) in [6.07, 6.45) is 0.636. The molecule has 21 heavy (non-hydrogen) atoms. The summed E-state index contributed by atoms with van der Waals surface area (Å²) in [6, 6.07) is 5.06. The van der Waals surface area contributed by atoms with Gasteiger partial charge in [0.15, 0.2) is 5.82 Å². The van der Waals surface area contributed by atoms with E-state index in [1.54, 1.807) is 13.2 Å². The number of imidazole rings is 1. The van der Waals surface area contributed by atoms with Crippen molar-refractivity contribution in [1.29, 1.82) is 0 Å². The Morgan fingerprint density at radius 3 is 2.90 bits per heavy atom. The fourth-order valence-corrected chi connectivity index (χ4v) is 2.48. The molecular formula is C15H21ClFN3O. The molecule has 0 amide bonds. The molecule has 0 bridgehead atoms. The van der Waals surface area contributed by atoms with Crippen molar-refractivity contribution >= 4 is 22.6 Å². The third-order valence-corrected chi connectivity index (χ3v) is 3.70. The van der Waals surface area contributed by atoms with Gasteiger partial charge in [-0.2, -0.15) is 0 Å². The zero-order chi connectivity index (χ0) is 15.2. The first kappa shape index (κ1) is 16.2. The molecule has 1 heterocycles. The number of aromatic nitrogens is 2. The number of hydrogen-bond acceptors (Lipinski definition) is 3. The standard InChI is InChI=1S/C15H21ClFN3O/c1-19(10-11-21-2)8-9-20-13-5-3-4-12(17)15(13)18-14(20)6-7-16/h3-5H,6-11H2,1-2H3. The van der Waals surface area contributed by atoms with E-state index in [0.29, 0.717) is 24.4 Å². The Bertz CT molecular complexity index is 588. The molecule has 0 aliphatic rings.